The van der Waals surface area contributed by atoms with Crippen LogP contribution in [-0.2, 0) is 6.42 Å². The van der Waals surface area contributed by atoms with Crippen molar-refractivity contribution in [2.45, 2.75) is 45.1 Å². The van der Waals surface area contributed by atoms with Crippen LogP contribution in [-0.4, -0.2) is 17.5 Å². The van der Waals surface area contributed by atoms with Crippen molar-refractivity contribution in [1.82, 2.24) is 5.32 Å². The quantitative estimate of drug-likeness (QED) is 0.664. The number of nitro benzene ring substituents is 1. The number of hydrogen-bond acceptors (Lipinski definition) is 3. The van der Waals surface area contributed by atoms with Crippen molar-refractivity contribution in [3.8, 4) is 0 Å². The SMILES string of the molecule is CCNC1CCCCC1Cc1cc(F)ccc1[N+](=O)[O-]. The Bertz CT molecular complexity index is 477. The first-order valence-electron chi connectivity index (χ1n) is 7.28. The molecule has 1 N–H and O–H groups in total. The first-order chi connectivity index (χ1) is 9.61. The normalized spacial score (nSPS) is 22.7. The maximum Gasteiger partial charge on any atom is 0.272 e. The van der Waals surface area contributed by atoms with E-state index in [9.17, 15) is 14.5 Å². The van der Waals surface area contributed by atoms with Gasteiger partial charge in [0.05, 0.1) is 4.92 Å². The molecule has 110 valence electrons. The van der Waals surface area contributed by atoms with Gasteiger partial charge in [-0.05, 0) is 43.9 Å². The lowest BCUT2D eigenvalue weighted by Crippen LogP contribution is -2.39. The molecular formula is C15H21FN2O2. The molecule has 2 atom stereocenters. The van der Waals surface area contributed by atoms with Gasteiger partial charge in [-0.15, -0.1) is 0 Å². The minimum absolute atomic E-state index is 0.0345. The molecule has 0 spiro atoms. The second-order valence-corrected chi connectivity index (χ2v) is 5.44. The van der Waals surface area contributed by atoms with Gasteiger partial charge in [0.25, 0.3) is 5.69 Å². The molecule has 1 saturated carbocycles. The minimum Gasteiger partial charge on any atom is -0.314 e. The van der Waals surface area contributed by atoms with E-state index in [1.54, 1.807) is 0 Å². The van der Waals surface area contributed by atoms with Gasteiger partial charge in [-0.25, -0.2) is 4.39 Å². The standard InChI is InChI=1S/C15H21FN2O2/c1-2-17-14-6-4-3-5-11(14)9-12-10-13(16)7-8-15(12)18(19)20/h7-8,10-11,14,17H,2-6,9H2,1H3. The first-order valence-corrected chi connectivity index (χ1v) is 7.28. The third-order valence-corrected chi connectivity index (χ3v) is 4.10. The molecule has 0 aromatic heterocycles. The minimum atomic E-state index is -0.417. The average Bonchev–Trinajstić information content (AvgIpc) is 2.41. The van der Waals surface area contributed by atoms with Crippen LogP contribution in [0.25, 0.3) is 0 Å². The van der Waals surface area contributed by atoms with Gasteiger partial charge in [0, 0.05) is 17.7 Å². The largest absolute Gasteiger partial charge is 0.314 e. The van der Waals surface area contributed by atoms with Crippen LogP contribution in [0.15, 0.2) is 18.2 Å². The Morgan fingerprint density at radius 3 is 2.85 bits per heavy atom. The van der Waals surface area contributed by atoms with Crippen molar-refractivity contribution in [1.29, 1.82) is 0 Å². The summed E-state index contributed by atoms with van der Waals surface area (Å²) >= 11 is 0. The number of rotatable bonds is 5. The van der Waals surface area contributed by atoms with Crippen molar-refractivity contribution in [2.24, 2.45) is 5.92 Å². The van der Waals surface area contributed by atoms with Crippen molar-refractivity contribution in [3.05, 3.63) is 39.7 Å². The number of nitrogens with one attached hydrogen (secondary N) is 1. The van der Waals surface area contributed by atoms with Gasteiger partial charge >= 0.3 is 0 Å². The molecule has 1 aliphatic carbocycles. The van der Waals surface area contributed by atoms with Crippen molar-refractivity contribution < 1.29 is 9.31 Å². The summed E-state index contributed by atoms with van der Waals surface area (Å²) < 4.78 is 13.4. The van der Waals surface area contributed by atoms with E-state index in [0.29, 0.717) is 23.9 Å². The van der Waals surface area contributed by atoms with Crippen LogP contribution in [0.4, 0.5) is 10.1 Å². The van der Waals surface area contributed by atoms with Crippen LogP contribution in [0.2, 0.25) is 0 Å². The van der Waals surface area contributed by atoms with Crippen molar-refractivity contribution >= 4 is 5.69 Å². The monoisotopic (exact) mass is 280 g/mol. The molecule has 1 aliphatic rings. The molecule has 0 aliphatic heterocycles. The third kappa shape index (κ3) is 3.54. The van der Waals surface area contributed by atoms with Crippen LogP contribution in [0, 0.1) is 21.8 Å². The Kier molecular flexibility index (Phi) is 5.06. The van der Waals surface area contributed by atoms with Crippen LogP contribution in [0.5, 0.6) is 0 Å². The summed E-state index contributed by atoms with van der Waals surface area (Å²) in [6.45, 7) is 2.96. The van der Waals surface area contributed by atoms with Gasteiger partial charge in [0.2, 0.25) is 0 Å². The number of nitrogens with zero attached hydrogens (tertiary/aromatic N) is 1. The van der Waals surface area contributed by atoms with E-state index in [-0.39, 0.29) is 5.69 Å². The summed E-state index contributed by atoms with van der Waals surface area (Å²) in [5.74, 6) is -0.0504. The highest BCUT2D eigenvalue weighted by Gasteiger charge is 2.27. The van der Waals surface area contributed by atoms with Crippen LogP contribution >= 0.6 is 0 Å². The Morgan fingerprint density at radius 2 is 2.15 bits per heavy atom. The Balaban J connectivity index is 2.18. The van der Waals surface area contributed by atoms with E-state index in [1.165, 1.54) is 18.6 Å². The molecule has 20 heavy (non-hydrogen) atoms. The fraction of sp³-hybridized carbons (Fsp3) is 0.600. The maximum atomic E-state index is 13.4. The molecule has 5 heteroatoms. The molecule has 0 saturated heterocycles. The van der Waals surface area contributed by atoms with E-state index in [0.717, 1.165) is 31.9 Å². The Labute approximate surface area is 118 Å². The lowest BCUT2D eigenvalue weighted by atomic mass is 9.80. The van der Waals surface area contributed by atoms with Crippen LogP contribution < -0.4 is 5.32 Å². The van der Waals surface area contributed by atoms with Gasteiger partial charge < -0.3 is 5.32 Å². The molecule has 0 bridgehead atoms. The number of nitro groups is 1. The van der Waals surface area contributed by atoms with E-state index >= 15 is 0 Å². The molecule has 1 fully saturated rings. The topological polar surface area (TPSA) is 55.2 Å². The number of hydrogen-bond donors (Lipinski definition) is 1. The molecular weight excluding hydrogens is 259 g/mol. The van der Waals surface area contributed by atoms with Crippen LogP contribution in [0.1, 0.15) is 38.2 Å². The Morgan fingerprint density at radius 1 is 1.40 bits per heavy atom. The Hall–Kier alpha value is -1.49. The van der Waals surface area contributed by atoms with E-state index in [4.69, 9.17) is 0 Å². The number of benzene rings is 1. The summed E-state index contributed by atoms with van der Waals surface area (Å²) in [5, 5.41) is 14.5. The predicted octanol–water partition coefficient (Wildman–Crippen LogP) is 3.44. The molecule has 0 radical (unpaired) electrons. The van der Waals surface area contributed by atoms with Gasteiger partial charge in [-0.1, -0.05) is 19.8 Å². The summed E-state index contributed by atoms with van der Waals surface area (Å²) in [6, 6.07) is 4.13. The summed E-state index contributed by atoms with van der Waals surface area (Å²) in [5.41, 5.74) is 0.553. The van der Waals surface area contributed by atoms with Crippen molar-refractivity contribution in [2.75, 3.05) is 6.54 Å². The number of halogens is 1. The zero-order chi connectivity index (χ0) is 14.5. The van der Waals surface area contributed by atoms with Crippen molar-refractivity contribution in [3.63, 3.8) is 0 Å². The van der Waals surface area contributed by atoms with Gasteiger partial charge in [0.1, 0.15) is 5.82 Å². The molecule has 2 unspecified atom stereocenters. The molecule has 1 aromatic carbocycles. The highest BCUT2D eigenvalue weighted by atomic mass is 19.1. The molecule has 4 nitrogen and oxygen atoms in total. The smallest absolute Gasteiger partial charge is 0.272 e. The van der Waals surface area contributed by atoms with E-state index in [2.05, 4.69) is 12.2 Å². The second kappa shape index (κ2) is 6.79. The molecule has 0 heterocycles. The predicted molar refractivity (Wildman–Crippen MR) is 76.2 cm³/mol. The molecule has 2 rings (SSSR count). The highest BCUT2D eigenvalue weighted by molar-refractivity contribution is 5.40. The summed E-state index contributed by atoms with van der Waals surface area (Å²) in [7, 11) is 0. The van der Waals surface area contributed by atoms with E-state index < -0.39 is 10.7 Å². The van der Waals surface area contributed by atoms with Crippen LogP contribution in [0.3, 0.4) is 0 Å². The van der Waals surface area contributed by atoms with E-state index in [1.807, 2.05) is 0 Å². The van der Waals surface area contributed by atoms with Gasteiger partial charge in [0.15, 0.2) is 0 Å². The zero-order valence-corrected chi connectivity index (χ0v) is 11.8. The lowest BCUT2D eigenvalue weighted by molar-refractivity contribution is -0.385. The summed E-state index contributed by atoms with van der Waals surface area (Å²) in [4.78, 5) is 10.6. The van der Waals surface area contributed by atoms with Gasteiger partial charge in [-0.2, -0.15) is 0 Å². The summed E-state index contributed by atoms with van der Waals surface area (Å²) in [6.07, 6.45) is 5.06. The lowest BCUT2D eigenvalue weighted by Gasteiger charge is -2.32. The maximum absolute atomic E-state index is 13.4. The fourth-order valence-electron chi connectivity index (χ4n) is 3.16. The highest BCUT2D eigenvalue weighted by Crippen LogP contribution is 2.31. The average molecular weight is 280 g/mol. The second-order valence-electron chi connectivity index (χ2n) is 5.44. The molecule has 0 amide bonds. The fourth-order valence-corrected chi connectivity index (χ4v) is 3.16. The van der Waals surface area contributed by atoms with Gasteiger partial charge in [-0.3, -0.25) is 10.1 Å². The molecule has 1 aromatic rings. The zero-order valence-electron chi connectivity index (χ0n) is 11.8. The first kappa shape index (κ1) is 14.9. The third-order valence-electron chi connectivity index (χ3n) is 4.10.